The molecule has 4 heteroatoms. The van der Waals surface area contributed by atoms with Gasteiger partial charge in [0.15, 0.2) is 0 Å². The van der Waals surface area contributed by atoms with E-state index in [0.717, 1.165) is 6.42 Å². The van der Waals surface area contributed by atoms with Crippen molar-refractivity contribution in [2.75, 3.05) is 12.4 Å². The Morgan fingerprint density at radius 1 is 1.53 bits per heavy atom. The summed E-state index contributed by atoms with van der Waals surface area (Å²) in [5.41, 5.74) is 0. The highest BCUT2D eigenvalue weighted by Crippen LogP contribution is 2.33. The van der Waals surface area contributed by atoms with Crippen LogP contribution in [0.3, 0.4) is 0 Å². The van der Waals surface area contributed by atoms with Crippen molar-refractivity contribution < 1.29 is 4.79 Å². The first-order valence-electron chi connectivity index (χ1n) is 6.57. The van der Waals surface area contributed by atoms with Gasteiger partial charge < -0.3 is 10.2 Å². The van der Waals surface area contributed by atoms with Crippen LogP contribution in [0.2, 0.25) is 0 Å². The summed E-state index contributed by atoms with van der Waals surface area (Å²) in [7, 11) is 0. The number of nitrogens with zero attached hydrogens (tertiary/aromatic N) is 1. The molecule has 0 bridgehead atoms. The summed E-state index contributed by atoms with van der Waals surface area (Å²) in [4.78, 5) is 13.7. The standard InChI is InChI=1S/C13H21ClN2O/c1-2-10-4-3-5-11-6-8-16(9-7-14)13(17)15-12(10)11/h6,8,10-12H,2-5,7,9H2,1H3,(H,15,17). The van der Waals surface area contributed by atoms with E-state index < -0.39 is 0 Å². The number of hydrogen-bond acceptors (Lipinski definition) is 1. The minimum atomic E-state index is 0.00903. The topological polar surface area (TPSA) is 32.3 Å². The second kappa shape index (κ2) is 5.76. The van der Waals surface area contributed by atoms with Crippen LogP contribution >= 0.6 is 11.6 Å². The Labute approximate surface area is 108 Å². The number of nitrogens with one attached hydrogen (secondary N) is 1. The first kappa shape index (κ1) is 12.7. The molecule has 1 aliphatic heterocycles. The average Bonchev–Trinajstić information content (AvgIpc) is 2.50. The highest BCUT2D eigenvalue weighted by molar-refractivity contribution is 6.18. The van der Waals surface area contributed by atoms with Crippen LogP contribution in [0.5, 0.6) is 0 Å². The molecule has 0 radical (unpaired) electrons. The average molecular weight is 257 g/mol. The van der Waals surface area contributed by atoms with Crippen molar-refractivity contribution in [3.63, 3.8) is 0 Å². The van der Waals surface area contributed by atoms with Crippen molar-refractivity contribution in [3.05, 3.63) is 12.3 Å². The lowest BCUT2D eigenvalue weighted by Gasteiger charge is -2.36. The number of carbonyl (C=O) groups is 1. The highest BCUT2D eigenvalue weighted by atomic mass is 35.5. The molecule has 0 saturated heterocycles. The van der Waals surface area contributed by atoms with E-state index in [0.29, 0.717) is 30.3 Å². The molecule has 0 aromatic heterocycles. The SMILES string of the molecule is CCC1CCCC2C=CN(CCCl)C(=O)NC21. The van der Waals surface area contributed by atoms with Crippen LogP contribution in [-0.4, -0.2) is 29.4 Å². The van der Waals surface area contributed by atoms with E-state index in [1.54, 1.807) is 4.90 Å². The third-order valence-corrected chi connectivity index (χ3v) is 4.16. The van der Waals surface area contributed by atoms with Crippen LogP contribution in [0.1, 0.15) is 32.6 Å². The van der Waals surface area contributed by atoms with Gasteiger partial charge in [-0.05, 0) is 24.7 Å². The van der Waals surface area contributed by atoms with Crippen molar-refractivity contribution in [3.8, 4) is 0 Å². The van der Waals surface area contributed by atoms with Crippen molar-refractivity contribution in [2.24, 2.45) is 11.8 Å². The van der Waals surface area contributed by atoms with Crippen LogP contribution in [0.4, 0.5) is 4.79 Å². The lowest BCUT2D eigenvalue weighted by molar-refractivity contribution is 0.186. The molecule has 0 spiro atoms. The van der Waals surface area contributed by atoms with E-state index >= 15 is 0 Å². The lowest BCUT2D eigenvalue weighted by atomic mass is 9.76. The largest absolute Gasteiger partial charge is 0.334 e. The van der Waals surface area contributed by atoms with E-state index in [-0.39, 0.29) is 6.03 Å². The molecule has 3 unspecified atom stereocenters. The van der Waals surface area contributed by atoms with E-state index in [1.165, 1.54) is 19.3 Å². The van der Waals surface area contributed by atoms with Crippen molar-refractivity contribution in [1.82, 2.24) is 10.2 Å². The number of carbonyl (C=O) groups excluding carboxylic acids is 1. The van der Waals surface area contributed by atoms with Gasteiger partial charge in [-0.3, -0.25) is 0 Å². The van der Waals surface area contributed by atoms with Gasteiger partial charge in [0.05, 0.1) is 0 Å². The van der Waals surface area contributed by atoms with Gasteiger partial charge in [-0.2, -0.15) is 0 Å². The number of alkyl halides is 1. The van der Waals surface area contributed by atoms with E-state index in [9.17, 15) is 4.79 Å². The summed E-state index contributed by atoms with van der Waals surface area (Å²) in [6, 6.07) is 0.326. The number of hydrogen-bond donors (Lipinski definition) is 1. The van der Waals surface area contributed by atoms with Crippen LogP contribution in [0.25, 0.3) is 0 Å². The number of rotatable bonds is 3. The fourth-order valence-electron chi connectivity index (χ4n) is 3.00. The molecule has 96 valence electrons. The van der Waals surface area contributed by atoms with Gasteiger partial charge in [-0.25, -0.2) is 4.79 Å². The molecule has 1 N–H and O–H groups in total. The molecule has 2 amide bonds. The zero-order valence-electron chi connectivity index (χ0n) is 10.4. The smallest absolute Gasteiger partial charge is 0.321 e. The first-order valence-corrected chi connectivity index (χ1v) is 7.11. The summed E-state index contributed by atoms with van der Waals surface area (Å²) >= 11 is 5.71. The van der Waals surface area contributed by atoms with Crippen molar-refractivity contribution >= 4 is 17.6 Å². The normalized spacial score (nSPS) is 32.9. The molecule has 2 aliphatic rings. The second-order valence-electron chi connectivity index (χ2n) is 4.96. The molecule has 1 saturated carbocycles. The highest BCUT2D eigenvalue weighted by Gasteiger charge is 2.34. The summed E-state index contributed by atoms with van der Waals surface area (Å²) in [5, 5.41) is 3.18. The fourth-order valence-corrected chi connectivity index (χ4v) is 3.18. The van der Waals surface area contributed by atoms with Crippen LogP contribution in [0.15, 0.2) is 12.3 Å². The molecule has 1 heterocycles. The first-order chi connectivity index (χ1) is 8.26. The molecule has 0 aromatic carbocycles. The van der Waals surface area contributed by atoms with E-state index in [1.807, 2.05) is 6.20 Å². The molecule has 3 atom stereocenters. The summed E-state index contributed by atoms with van der Waals surface area (Å²) in [6.07, 6.45) is 8.95. The molecule has 17 heavy (non-hydrogen) atoms. The Morgan fingerprint density at radius 3 is 3.06 bits per heavy atom. The van der Waals surface area contributed by atoms with E-state index in [2.05, 4.69) is 18.3 Å². The van der Waals surface area contributed by atoms with Gasteiger partial charge in [-0.15, -0.1) is 11.6 Å². The second-order valence-corrected chi connectivity index (χ2v) is 5.34. The number of halogens is 1. The van der Waals surface area contributed by atoms with Gasteiger partial charge in [0.25, 0.3) is 0 Å². The minimum absolute atomic E-state index is 0.00903. The Morgan fingerprint density at radius 2 is 2.35 bits per heavy atom. The van der Waals surface area contributed by atoms with Gasteiger partial charge in [0.1, 0.15) is 0 Å². The predicted octanol–water partition coefficient (Wildman–Crippen LogP) is 2.96. The molecule has 0 aromatic rings. The summed E-state index contributed by atoms with van der Waals surface area (Å²) in [6.45, 7) is 2.80. The van der Waals surface area contributed by atoms with Gasteiger partial charge in [0, 0.05) is 24.7 Å². The quantitative estimate of drug-likeness (QED) is 0.774. The Hall–Kier alpha value is -0.700. The molecule has 1 fully saturated rings. The Bertz CT molecular complexity index is 306. The van der Waals surface area contributed by atoms with Crippen LogP contribution in [-0.2, 0) is 0 Å². The maximum absolute atomic E-state index is 12.0. The van der Waals surface area contributed by atoms with Crippen molar-refractivity contribution in [1.29, 1.82) is 0 Å². The molecule has 3 nitrogen and oxygen atoms in total. The summed E-state index contributed by atoms with van der Waals surface area (Å²) in [5.74, 6) is 1.60. The van der Waals surface area contributed by atoms with Gasteiger partial charge in [0.2, 0.25) is 0 Å². The fraction of sp³-hybridized carbons (Fsp3) is 0.769. The number of urea groups is 1. The zero-order valence-corrected chi connectivity index (χ0v) is 11.1. The van der Waals surface area contributed by atoms with Crippen LogP contribution in [0, 0.1) is 11.8 Å². The molecule has 1 aliphatic carbocycles. The number of amides is 2. The van der Waals surface area contributed by atoms with Crippen molar-refractivity contribution in [2.45, 2.75) is 38.6 Å². The molecule has 2 rings (SSSR count). The third-order valence-electron chi connectivity index (χ3n) is 4.00. The van der Waals surface area contributed by atoms with E-state index in [4.69, 9.17) is 11.6 Å². The maximum atomic E-state index is 12.0. The van der Waals surface area contributed by atoms with Crippen LogP contribution < -0.4 is 5.32 Å². The van der Waals surface area contributed by atoms with Gasteiger partial charge in [-0.1, -0.05) is 25.8 Å². The molecular weight excluding hydrogens is 236 g/mol. The predicted molar refractivity (Wildman–Crippen MR) is 70.0 cm³/mol. The Balaban J connectivity index is 2.12. The Kier molecular flexibility index (Phi) is 4.32. The third kappa shape index (κ3) is 2.76. The lowest BCUT2D eigenvalue weighted by Crippen LogP contribution is -2.48. The maximum Gasteiger partial charge on any atom is 0.321 e. The number of fused-ring (bicyclic) bond motifs is 1. The zero-order chi connectivity index (χ0) is 12.3. The summed E-state index contributed by atoms with van der Waals surface area (Å²) < 4.78 is 0. The monoisotopic (exact) mass is 256 g/mol. The van der Waals surface area contributed by atoms with Gasteiger partial charge >= 0.3 is 6.03 Å². The molecular formula is C13H21ClN2O. The minimum Gasteiger partial charge on any atom is -0.334 e.